The second-order valence-electron chi connectivity index (χ2n) is 7.15. The molecule has 1 heterocycles. The van der Waals surface area contributed by atoms with Crippen molar-refractivity contribution in [1.82, 2.24) is 20.4 Å². The van der Waals surface area contributed by atoms with E-state index in [1.807, 2.05) is 31.2 Å². The van der Waals surface area contributed by atoms with Crippen molar-refractivity contribution in [3.63, 3.8) is 0 Å². The van der Waals surface area contributed by atoms with Gasteiger partial charge in [-0.1, -0.05) is 24.3 Å². The maximum Gasteiger partial charge on any atom is 0.315 e. The molecule has 1 fully saturated rings. The minimum absolute atomic E-state index is 0.195. The van der Waals surface area contributed by atoms with Crippen LogP contribution in [0.1, 0.15) is 30.1 Å². The van der Waals surface area contributed by atoms with Gasteiger partial charge < -0.3 is 25.5 Å². The molecule has 1 aliphatic rings. The fourth-order valence-corrected chi connectivity index (χ4v) is 3.14. The van der Waals surface area contributed by atoms with Gasteiger partial charge in [0, 0.05) is 38.8 Å². The van der Waals surface area contributed by atoms with Crippen LogP contribution in [-0.2, 0) is 0 Å². The summed E-state index contributed by atoms with van der Waals surface area (Å²) in [5.74, 6) is 0. The molecular formula is C19H32N4O2. The number of aryl methyl sites for hydroxylation is 1. The van der Waals surface area contributed by atoms with Gasteiger partial charge in [0.2, 0.25) is 0 Å². The number of nitrogens with one attached hydrogen (secondary N) is 2. The Labute approximate surface area is 151 Å². The topological polar surface area (TPSA) is 67.8 Å². The molecule has 1 unspecified atom stereocenters. The van der Waals surface area contributed by atoms with Gasteiger partial charge in [-0.15, -0.1) is 0 Å². The first-order valence-corrected chi connectivity index (χ1v) is 9.10. The highest BCUT2D eigenvalue weighted by Gasteiger charge is 2.21. The average molecular weight is 348 g/mol. The normalized spacial score (nSPS) is 17.5. The Hall–Kier alpha value is -1.63. The Morgan fingerprint density at radius 3 is 2.64 bits per heavy atom. The monoisotopic (exact) mass is 348 g/mol. The number of urea groups is 1. The number of hydrogen-bond donors (Lipinski definition) is 3. The molecular weight excluding hydrogens is 316 g/mol. The number of likely N-dealkylation sites (tertiary alicyclic amines) is 1. The molecule has 1 atom stereocenters. The van der Waals surface area contributed by atoms with Crippen molar-refractivity contribution in [1.29, 1.82) is 0 Å². The predicted octanol–water partition coefficient (Wildman–Crippen LogP) is 1.35. The van der Waals surface area contributed by atoms with Crippen molar-refractivity contribution in [3.8, 4) is 0 Å². The molecule has 0 spiro atoms. The van der Waals surface area contributed by atoms with Crippen LogP contribution < -0.4 is 10.6 Å². The number of aliphatic hydroxyl groups is 1. The van der Waals surface area contributed by atoms with Crippen molar-refractivity contribution in [2.45, 2.75) is 31.9 Å². The summed E-state index contributed by atoms with van der Waals surface area (Å²) in [6.07, 6.45) is 1.27. The summed E-state index contributed by atoms with van der Waals surface area (Å²) in [5, 5.41) is 16.1. The van der Waals surface area contributed by atoms with E-state index in [9.17, 15) is 9.90 Å². The zero-order chi connectivity index (χ0) is 18.2. The Kier molecular flexibility index (Phi) is 7.68. The first-order valence-electron chi connectivity index (χ1n) is 9.10. The van der Waals surface area contributed by atoms with Gasteiger partial charge in [0.15, 0.2) is 0 Å². The summed E-state index contributed by atoms with van der Waals surface area (Å²) < 4.78 is 0. The molecule has 6 heteroatoms. The molecule has 6 nitrogen and oxygen atoms in total. The van der Waals surface area contributed by atoms with Gasteiger partial charge in [0.05, 0.1) is 6.10 Å². The summed E-state index contributed by atoms with van der Waals surface area (Å²) in [4.78, 5) is 16.7. The number of nitrogens with zero attached hydrogens (tertiary/aromatic N) is 2. The molecule has 0 bridgehead atoms. The molecule has 1 aromatic rings. The van der Waals surface area contributed by atoms with E-state index in [0.29, 0.717) is 0 Å². The number of likely N-dealkylation sites (N-methyl/N-ethyl adjacent to an activating group) is 1. The Morgan fingerprint density at radius 1 is 1.32 bits per heavy atom. The number of carbonyl (C=O) groups excluding carboxylic acids is 1. The number of piperidine rings is 1. The average Bonchev–Trinajstić information content (AvgIpc) is 2.59. The van der Waals surface area contributed by atoms with Gasteiger partial charge in [-0.05, 0) is 45.0 Å². The van der Waals surface area contributed by atoms with Crippen molar-refractivity contribution in [3.05, 3.63) is 35.4 Å². The second kappa shape index (κ2) is 9.75. The van der Waals surface area contributed by atoms with E-state index in [4.69, 9.17) is 0 Å². The highest BCUT2D eigenvalue weighted by Crippen LogP contribution is 2.16. The lowest BCUT2D eigenvalue weighted by atomic mass is 10.0. The largest absolute Gasteiger partial charge is 0.387 e. The number of hydrogen-bond acceptors (Lipinski definition) is 4. The molecule has 0 radical (unpaired) electrons. The maximum absolute atomic E-state index is 12.1. The lowest BCUT2D eigenvalue weighted by Gasteiger charge is -2.33. The van der Waals surface area contributed by atoms with Crippen LogP contribution >= 0.6 is 0 Å². The number of amides is 2. The van der Waals surface area contributed by atoms with E-state index < -0.39 is 6.10 Å². The van der Waals surface area contributed by atoms with Gasteiger partial charge in [-0.25, -0.2) is 4.79 Å². The maximum atomic E-state index is 12.1. The smallest absolute Gasteiger partial charge is 0.315 e. The standard InChI is InChI=1S/C19H32N4O2/c1-15-6-4-5-7-17(15)18(24)14-20-19(25)21-16-8-10-23(11-9-16)13-12-22(2)3/h4-7,16,18,24H,8-14H2,1-3H3,(H2,20,21,25). The molecule has 2 rings (SSSR count). The zero-order valence-electron chi connectivity index (χ0n) is 15.7. The highest BCUT2D eigenvalue weighted by atomic mass is 16.3. The van der Waals surface area contributed by atoms with E-state index in [1.54, 1.807) is 0 Å². The van der Waals surface area contributed by atoms with Gasteiger partial charge in [0.25, 0.3) is 0 Å². The molecule has 1 saturated heterocycles. The third-order valence-corrected chi connectivity index (χ3v) is 4.79. The molecule has 1 aromatic carbocycles. The van der Waals surface area contributed by atoms with Crippen LogP contribution in [0.4, 0.5) is 4.79 Å². The number of benzene rings is 1. The van der Waals surface area contributed by atoms with Gasteiger partial charge in [-0.3, -0.25) is 0 Å². The van der Waals surface area contributed by atoms with E-state index in [0.717, 1.165) is 50.1 Å². The fourth-order valence-electron chi connectivity index (χ4n) is 3.14. The van der Waals surface area contributed by atoms with Gasteiger partial charge in [0.1, 0.15) is 0 Å². The summed E-state index contributed by atoms with van der Waals surface area (Å²) in [5.41, 5.74) is 1.89. The van der Waals surface area contributed by atoms with Crippen LogP contribution in [-0.4, -0.2) is 73.8 Å². The summed E-state index contributed by atoms with van der Waals surface area (Å²) >= 11 is 0. The minimum atomic E-state index is -0.681. The predicted molar refractivity (Wildman–Crippen MR) is 101 cm³/mol. The lowest BCUT2D eigenvalue weighted by Crippen LogP contribution is -2.49. The van der Waals surface area contributed by atoms with E-state index in [2.05, 4.69) is 34.5 Å². The first-order chi connectivity index (χ1) is 12.0. The van der Waals surface area contributed by atoms with Crippen LogP contribution in [0.3, 0.4) is 0 Å². The zero-order valence-corrected chi connectivity index (χ0v) is 15.7. The molecule has 0 aliphatic carbocycles. The number of rotatable bonds is 7. The fraction of sp³-hybridized carbons (Fsp3) is 0.632. The Bertz CT molecular complexity index is 542. The quantitative estimate of drug-likeness (QED) is 0.696. The van der Waals surface area contributed by atoms with Gasteiger partial charge >= 0.3 is 6.03 Å². The molecule has 1 aliphatic heterocycles. The minimum Gasteiger partial charge on any atom is -0.387 e. The van der Waals surface area contributed by atoms with E-state index in [1.165, 1.54) is 0 Å². The second-order valence-corrected chi connectivity index (χ2v) is 7.15. The first kappa shape index (κ1) is 19.7. The van der Waals surface area contributed by atoms with Crippen LogP contribution in [0.15, 0.2) is 24.3 Å². The lowest BCUT2D eigenvalue weighted by molar-refractivity contribution is 0.165. The summed E-state index contributed by atoms with van der Waals surface area (Å²) in [7, 11) is 4.17. The van der Waals surface area contributed by atoms with Crippen molar-refractivity contribution in [2.24, 2.45) is 0 Å². The molecule has 0 aromatic heterocycles. The molecule has 3 N–H and O–H groups in total. The number of aliphatic hydroxyl groups excluding tert-OH is 1. The molecule has 25 heavy (non-hydrogen) atoms. The van der Waals surface area contributed by atoms with Crippen LogP contribution in [0.2, 0.25) is 0 Å². The molecule has 2 amide bonds. The van der Waals surface area contributed by atoms with Crippen molar-refractivity contribution >= 4 is 6.03 Å². The van der Waals surface area contributed by atoms with Crippen molar-refractivity contribution < 1.29 is 9.90 Å². The van der Waals surface area contributed by atoms with E-state index in [-0.39, 0.29) is 18.6 Å². The SMILES string of the molecule is Cc1ccccc1C(O)CNC(=O)NC1CCN(CCN(C)C)CC1. The third-order valence-electron chi connectivity index (χ3n) is 4.79. The van der Waals surface area contributed by atoms with Crippen LogP contribution in [0.25, 0.3) is 0 Å². The van der Waals surface area contributed by atoms with Crippen LogP contribution in [0.5, 0.6) is 0 Å². The Balaban J connectivity index is 1.67. The molecule has 140 valence electrons. The summed E-state index contributed by atoms with van der Waals surface area (Å²) in [6.45, 7) is 6.36. The van der Waals surface area contributed by atoms with Crippen LogP contribution in [0, 0.1) is 6.92 Å². The van der Waals surface area contributed by atoms with Gasteiger partial charge in [-0.2, -0.15) is 0 Å². The Morgan fingerprint density at radius 2 is 2.00 bits per heavy atom. The highest BCUT2D eigenvalue weighted by molar-refractivity contribution is 5.74. The van der Waals surface area contributed by atoms with Crippen molar-refractivity contribution in [2.75, 3.05) is 46.8 Å². The molecule has 0 saturated carbocycles. The number of carbonyl (C=O) groups is 1. The third kappa shape index (κ3) is 6.65. The summed E-state index contributed by atoms with van der Waals surface area (Å²) in [6, 6.07) is 7.71. The van der Waals surface area contributed by atoms with E-state index >= 15 is 0 Å².